The first-order valence-electron chi connectivity index (χ1n) is 9.03. The molecule has 0 bridgehead atoms. The van der Waals surface area contributed by atoms with Crippen LogP contribution in [-0.4, -0.2) is 53.9 Å². The highest BCUT2D eigenvalue weighted by molar-refractivity contribution is 9.10. The van der Waals surface area contributed by atoms with Crippen LogP contribution < -0.4 is 10.2 Å². The molecule has 0 aliphatic carbocycles. The predicted octanol–water partition coefficient (Wildman–Crippen LogP) is 2.89. The maximum Gasteiger partial charge on any atom is 0.243 e. The number of hydrogen-bond donors (Lipinski definition) is 1. The Balaban J connectivity index is 1.43. The first kappa shape index (κ1) is 19.7. The zero-order chi connectivity index (χ0) is 20.3. The summed E-state index contributed by atoms with van der Waals surface area (Å²) in [6.07, 6.45) is 3.20. The maximum absolute atomic E-state index is 12.8. The first-order valence-corrected chi connectivity index (χ1v) is 11.3. The molecule has 0 atom stereocenters. The van der Waals surface area contributed by atoms with Gasteiger partial charge >= 0.3 is 0 Å². The minimum absolute atomic E-state index is 0.304. The highest BCUT2D eigenvalue weighted by atomic mass is 79.9. The van der Waals surface area contributed by atoms with E-state index in [-0.39, 0.29) is 0 Å². The average molecular weight is 475 g/mol. The number of sulfonamides is 1. The lowest BCUT2D eigenvalue weighted by molar-refractivity contribution is 0.384. The number of hydrogen-bond acceptors (Lipinski definition) is 7. The molecule has 1 N–H and O–H groups in total. The monoisotopic (exact) mass is 474 g/mol. The number of halogens is 1. The summed E-state index contributed by atoms with van der Waals surface area (Å²) >= 11 is 3.33. The molecule has 10 heteroatoms. The minimum atomic E-state index is -3.50. The van der Waals surface area contributed by atoms with Gasteiger partial charge in [0.25, 0.3) is 0 Å². The van der Waals surface area contributed by atoms with Gasteiger partial charge in [0.1, 0.15) is 23.8 Å². The molecule has 0 amide bonds. The summed E-state index contributed by atoms with van der Waals surface area (Å²) in [5.41, 5.74) is 0. The van der Waals surface area contributed by atoms with Crippen molar-refractivity contribution in [2.45, 2.75) is 4.90 Å². The second-order valence-electron chi connectivity index (χ2n) is 6.45. The molecule has 0 unspecified atom stereocenters. The Morgan fingerprint density at radius 2 is 1.66 bits per heavy atom. The number of pyridine rings is 1. The molecule has 1 saturated heterocycles. The van der Waals surface area contributed by atoms with Crippen LogP contribution >= 0.6 is 15.9 Å². The van der Waals surface area contributed by atoms with Crippen molar-refractivity contribution in [3.05, 3.63) is 65.5 Å². The Morgan fingerprint density at radius 3 is 2.34 bits per heavy atom. The number of nitrogens with one attached hydrogen (secondary N) is 1. The molecule has 1 aliphatic heterocycles. The third kappa shape index (κ3) is 4.55. The fourth-order valence-corrected chi connectivity index (χ4v) is 4.76. The van der Waals surface area contributed by atoms with E-state index in [9.17, 15) is 8.42 Å². The molecule has 8 nitrogen and oxygen atoms in total. The van der Waals surface area contributed by atoms with E-state index in [1.807, 2.05) is 24.3 Å². The smallest absolute Gasteiger partial charge is 0.243 e. The van der Waals surface area contributed by atoms with Gasteiger partial charge in [-0.2, -0.15) is 4.31 Å². The largest absolute Gasteiger partial charge is 0.354 e. The van der Waals surface area contributed by atoms with Crippen molar-refractivity contribution in [3.8, 4) is 0 Å². The van der Waals surface area contributed by atoms with Gasteiger partial charge in [-0.05, 0) is 36.4 Å². The third-order valence-electron chi connectivity index (χ3n) is 4.59. The van der Waals surface area contributed by atoms with E-state index in [4.69, 9.17) is 0 Å². The van der Waals surface area contributed by atoms with Crippen molar-refractivity contribution in [1.82, 2.24) is 19.3 Å². The quantitative estimate of drug-likeness (QED) is 0.607. The van der Waals surface area contributed by atoms with Gasteiger partial charge in [0.05, 0.1) is 4.90 Å². The second kappa shape index (κ2) is 8.44. The average Bonchev–Trinajstić information content (AvgIpc) is 2.75. The van der Waals surface area contributed by atoms with E-state index in [0.717, 1.165) is 10.3 Å². The molecule has 0 radical (unpaired) electrons. The van der Waals surface area contributed by atoms with E-state index in [1.54, 1.807) is 30.5 Å². The lowest BCUT2D eigenvalue weighted by Gasteiger charge is -2.34. The summed E-state index contributed by atoms with van der Waals surface area (Å²) in [6, 6.07) is 14.1. The highest BCUT2D eigenvalue weighted by Gasteiger charge is 2.29. The summed E-state index contributed by atoms with van der Waals surface area (Å²) in [5, 5.41) is 3.14. The van der Waals surface area contributed by atoms with Gasteiger partial charge in [-0.1, -0.05) is 22.0 Å². The highest BCUT2D eigenvalue weighted by Crippen LogP contribution is 2.23. The Labute approximate surface area is 177 Å². The number of anilines is 3. The van der Waals surface area contributed by atoms with Crippen LogP contribution in [0.1, 0.15) is 0 Å². The van der Waals surface area contributed by atoms with Crippen molar-refractivity contribution in [1.29, 1.82) is 0 Å². The van der Waals surface area contributed by atoms with Gasteiger partial charge < -0.3 is 10.2 Å². The van der Waals surface area contributed by atoms with Crippen LogP contribution in [0, 0.1) is 0 Å². The van der Waals surface area contributed by atoms with E-state index in [1.165, 1.54) is 10.6 Å². The van der Waals surface area contributed by atoms with Crippen molar-refractivity contribution in [2.75, 3.05) is 36.4 Å². The van der Waals surface area contributed by atoms with Gasteiger partial charge in [-0.15, -0.1) is 0 Å². The Hall–Kier alpha value is -2.56. The van der Waals surface area contributed by atoms with Gasteiger partial charge in [0.2, 0.25) is 10.0 Å². The molecule has 29 heavy (non-hydrogen) atoms. The molecule has 0 spiro atoms. The van der Waals surface area contributed by atoms with Crippen molar-refractivity contribution >= 4 is 43.4 Å². The van der Waals surface area contributed by atoms with Crippen LogP contribution in [0.4, 0.5) is 17.5 Å². The zero-order valence-corrected chi connectivity index (χ0v) is 17.8. The molecule has 3 aromatic rings. The van der Waals surface area contributed by atoms with Crippen LogP contribution in [0.3, 0.4) is 0 Å². The molecule has 4 rings (SSSR count). The number of benzene rings is 1. The molecular formula is C19H19BrN6O2S. The van der Waals surface area contributed by atoms with Gasteiger partial charge in [-0.3, -0.25) is 0 Å². The predicted molar refractivity (Wildman–Crippen MR) is 115 cm³/mol. The van der Waals surface area contributed by atoms with Gasteiger partial charge in [0.15, 0.2) is 0 Å². The summed E-state index contributed by atoms with van der Waals surface area (Å²) in [7, 11) is -3.50. The summed E-state index contributed by atoms with van der Waals surface area (Å²) in [5.74, 6) is 2.08. The summed E-state index contributed by atoms with van der Waals surface area (Å²) < 4.78 is 28.1. The number of aromatic nitrogens is 3. The van der Waals surface area contributed by atoms with E-state index >= 15 is 0 Å². The molecule has 1 fully saturated rings. The van der Waals surface area contributed by atoms with Crippen LogP contribution in [0.25, 0.3) is 0 Å². The molecule has 2 aromatic heterocycles. The van der Waals surface area contributed by atoms with E-state index in [0.29, 0.717) is 42.7 Å². The lowest BCUT2D eigenvalue weighted by atomic mass is 10.3. The molecule has 1 aromatic carbocycles. The lowest BCUT2D eigenvalue weighted by Crippen LogP contribution is -2.48. The zero-order valence-electron chi connectivity index (χ0n) is 15.4. The SMILES string of the molecule is O=S(=O)(c1ccc(Br)cc1)N1CCN(c2cc(Nc3ccccn3)ncn2)CC1. The minimum Gasteiger partial charge on any atom is -0.354 e. The Bertz CT molecular complexity index is 1070. The standard InChI is InChI=1S/C19H19BrN6O2S/c20-15-4-6-16(7-5-15)29(27,28)26-11-9-25(10-12-26)19-13-18(22-14-23-19)24-17-3-1-2-8-21-17/h1-8,13-14H,9-12H2,(H,21,22,23,24). The van der Waals surface area contributed by atoms with Crippen LogP contribution in [0.15, 0.2) is 70.4 Å². The van der Waals surface area contributed by atoms with Gasteiger partial charge in [-0.25, -0.2) is 23.4 Å². The van der Waals surface area contributed by atoms with Crippen LogP contribution in [0.2, 0.25) is 0 Å². The van der Waals surface area contributed by atoms with Gasteiger partial charge in [0, 0.05) is 42.9 Å². The van der Waals surface area contributed by atoms with Crippen LogP contribution in [-0.2, 0) is 10.0 Å². The number of rotatable bonds is 5. The molecule has 1 aliphatic rings. The first-order chi connectivity index (χ1) is 14.0. The normalized spacial score (nSPS) is 15.3. The van der Waals surface area contributed by atoms with Crippen molar-refractivity contribution in [3.63, 3.8) is 0 Å². The Morgan fingerprint density at radius 1 is 0.897 bits per heavy atom. The molecule has 0 saturated carbocycles. The molecular weight excluding hydrogens is 456 g/mol. The third-order valence-corrected chi connectivity index (χ3v) is 7.03. The van der Waals surface area contributed by atoms with E-state index < -0.39 is 10.0 Å². The molecule has 3 heterocycles. The van der Waals surface area contributed by atoms with Crippen molar-refractivity contribution < 1.29 is 8.42 Å². The van der Waals surface area contributed by atoms with Crippen LogP contribution in [0.5, 0.6) is 0 Å². The van der Waals surface area contributed by atoms with Crippen molar-refractivity contribution in [2.24, 2.45) is 0 Å². The summed E-state index contributed by atoms with van der Waals surface area (Å²) in [4.78, 5) is 15.2. The maximum atomic E-state index is 12.8. The second-order valence-corrected chi connectivity index (χ2v) is 9.30. The number of piperazine rings is 1. The Kier molecular flexibility index (Phi) is 5.74. The summed E-state index contributed by atoms with van der Waals surface area (Å²) in [6.45, 7) is 1.89. The number of nitrogens with zero attached hydrogens (tertiary/aromatic N) is 5. The fourth-order valence-electron chi connectivity index (χ4n) is 3.07. The topological polar surface area (TPSA) is 91.3 Å². The van der Waals surface area contributed by atoms with E-state index in [2.05, 4.69) is 41.1 Å². The molecule has 150 valence electrons. The fraction of sp³-hybridized carbons (Fsp3) is 0.211.